The van der Waals surface area contributed by atoms with Crippen LogP contribution in [-0.2, 0) is 11.0 Å². The van der Waals surface area contributed by atoms with E-state index in [9.17, 15) is 27.6 Å². The molecule has 2 aliphatic heterocycles. The molecule has 5 amide bonds. The van der Waals surface area contributed by atoms with Crippen molar-refractivity contribution >= 4 is 23.7 Å². The van der Waals surface area contributed by atoms with Gasteiger partial charge in [0.15, 0.2) is 0 Å². The number of rotatable bonds is 2. The molecule has 1 aromatic rings. The molecule has 0 saturated carbocycles. The van der Waals surface area contributed by atoms with Gasteiger partial charge in [-0.05, 0) is 18.6 Å². The zero-order valence-electron chi connectivity index (χ0n) is 13.0. The molecule has 10 heteroatoms. The summed E-state index contributed by atoms with van der Waals surface area (Å²) in [4.78, 5) is 38.0. The maximum absolute atomic E-state index is 13.0. The van der Waals surface area contributed by atoms with Crippen LogP contribution in [0.3, 0.4) is 0 Å². The van der Waals surface area contributed by atoms with E-state index in [0.29, 0.717) is 6.42 Å². The largest absolute Gasteiger partial charge is 0.418 e. The van der Waals surface area contributed by atoms with Crippen molar-refractivity contribution in [3.8, 4) is 0 Å². The number of likely N-dealkylation sites (tertiary alicyclic amines) is 1. The van der Waals surface area contributed by atoms with Gasteiger partial charge in [0.2, 0.25) is 5.91 Å². The zero-order valence-corrected chi connectivity index (χ0v) is 13.0. The van der Waals surface area contributed by atoms with E-state index in [1.165, 1.54) is 23.1 Å². The van der Waals surface area contributed by atoms with Crippen molar-refractivity contribution in [1.82, 2.24) is 15.1 Å². The van der Waals surface area contributed by atoms with E-state index in [1.54, 1.807) is 0 Å². The van der Waals surface area contributed by atoms with Crippen molar-refractivity contribution in [3.63, 3.8) is 0 Å². The average Bonchev–Trinajstić information content (AvgIpc) is 3.13. The molecule has 0 bridgehead atoms. The summed E-state index contributed by atoms with van der Waals surface area (Å²) in [6.45, 7) is 0.238. The fourth-order valence-corrected chi connectivity index (χ4v) is 2.97. The van der Waals surface area contributed by atoms with Crippen molar-refractivity contribution in [2.45, 2.75) is 18.6 Å². The Kier molecular flexibility index (Phi) is 4.27. The number of halogens is 3. The van der Waals surface area contributed by atoms with Crippen LogP contribution in [0.5, 0.6) is 0 Å². The monoisotopic (exact) mass is 356 g/mol. The van der Waals surface area contributed by atoms with Crippen molar-refractivity contribution in [2.75, 3.05) is 25.0 Å². The molecular weight excluding hydrogens is 341 g/mol. The maximum Gasteiger partial charge on any atom is 0.418 e. The molecule has 1 unspecified atom stereocenters. The number of para-hydroxylation sites is 1. The van der Waals surface area contributed by atoms with E-state index in [1.807, 2.05) is 0 Å². The number of anilines is 1. The molecule has 2 aliphatic rings. The Balaban J connectivity index is 1.68. The summed E-state index contributed by atoms with van der Waals surface area (Å²) in [6.07, 6.45) is -4.20. The molecule has 7 nitrogen and oxygen atoms in total. The third-order valence-corrected chi connectivity index (χ3v) is 4.17. The molecule has 0 aliphatic carbocycles. The fourth-order valence-electron chi connectivity index (χ4n) is 2.97. The van der Waals surface area contributed by atoms with Crippen molar-refractivity contribution in [1.29, 1.82) is 0 Å². The quantitative estimate of drug-likeness (QED) is 0.794. The molecule has 2 N–H and O–H groups in total. The summed E-state index contributed by atoms with van der Waals surface area (Å²) in [5.74, 6) is -0.375. The second-order valence-corrected chi connectivity index (χ2v) is 5.78. The molecule has 1 aromatic carbocycles. The van der Waals surface area contributed by atoms with Crippen LogP contribution in [-0.4, -0.2) is 53.4 Å². The highest BCUT2D eigenvalue weighted by Crippen LogP contribution is 2.34. The van der Waals surface area contributed by atoms with E-state index in [4.69, 9.17) is 0 Å². The standard InChI is InChI=1S/C15H15F3N4O3/c16-15(17,18)10-3-1-2-4-11(10)20-14(25)21-6-5-9(8-21)22-12(23)7-19-13(22)24/h1-4,9H,5-8H2,(H,19,24)(H,20,25). The molecule has 0 aromatic heterocycles. The molecule has 134 valence electrons. The minimum atomic E-state index is -4.59. The van der Waals surface area contributed by atoms with Crippen LogP contribution < -0.4 is 10.6 Å². The van der Waals surface area contributed by atoms with E-state index in [2.05, 4.69) is 10.6 Å². The highest BCUT2D eigenvalue weighted by Gasteiger charge is 2.40. The lowest BCUT2D eigenvalue weighted by molar-refractivity contribution is -0.137. The number of carbonyl (C=O) groups is 3. The molecule has 1 atom stereocenters. The first-order valence-electron chi connectivity index (χ1n) is 7.59. The van der Waals surface area contributed by atoms with Crippen molar-refractivity contribution < 1.29 is 27.6 Å². The lowest BCUT2D eigenvalue weighted by Crippen LogP contribution is -2.43. The lowest BCUT2D eigenvalue weighted by atomic mass is 10.1. The van der Waals surface area contributed by atoms with Gasteiger partial charge in [0, 0.05) is 13.1 Å². The summed E-state index contributed by atoms with van der Waals surface area (Å²) in [5.41, 5.74) is -1.27. The van der Waals surface area contributed by atoms with E-state index < -0.39 is 29.8 Å². The SMILES string of the molecule is O=C(Nc1ccccc1C(F)(F)F)N1CCC(N2C(=O)CNC2=O)C1. The van der Waals surface area contributed by atoms with Crippen molar-refractivity contribution in [2.24, 2.45) is 0 Å². The number of imide groups is 1. The van der Waals surface area contributed by atoms with Gasteiger partial charge in [-0.1, -0.05) is 12.1 Å². The molecule has 2 saturated heterocycles. The molecule has 25 heavy (non-hydrogen) atoms. The van der Waals surface area contributed by atoms with Gasteiger partial charge in [0.05, 0.1) is 23.8 Å². The van der Waals surface area contributed by atoms with E-state index >= 15 is 0 Å². The first-order valence-corrected chi connectivity index (χ1v) is 7.59. The number of hydrogen-bond donors (Lipinski definition) is 2. The molecular formula is C15H15F3N4O3. The van der Waals surface area contributed by atoms with Crippen LogP contribution in [0.2, 0.25) is 0 Å². The predicted octanol–water partition coefficient (Wildman–Crippen LogP) is 1.86. The number of nitrogens with zero attached hydrogens (tertiary/aromatic N) is 2. The van der Waals surface area contributed by atoms with Gasteiger partial charge >= 0.3 is 18.2 Å². The van der Waals surface area contributed by atoms with Gasteiger partial charge in [0.1, 0.15) is 0 Å². The Bertz CT molecular complexity index is 706. The smallest absolute Gasteiger partial charge is 0.329 e. The topological polar surface area (TPSA) is 81.8 Å². The Morgan fingerprint density at radius 2 is 1.96 bits per heavy atom. The minimum Gasteiger partial charge on any atom is -0.329 e. The Morgan fingerprint density at radius 3 is 2.60 bits per heavy atom. The average molecular weight is 356 g/mol. The Morgan fingerprint density at radius 1 is 1.24 bits per heavy atom. The van der Waals surface area contributed by atoms with Crippen LogP contribution in [0, 0.1) is 0 Å². The number of urea groups is 2. The number of hydrogen-bond acceptors (Lipinski definition) is 3. The second-order valence-electron chi connectivity index (χ2n) is 5.78. The number of alkyl halides is 3. The maximum atomic E-state index is 13.0. The van der Waals surface area contributed by atoms with E-state index in [0.717, 1.165) is 11.0 Å². The summed E-state index contributed by atoms with van der Waals surface area (Å²) in [7, 11) is 0. The highest BCUT2D eigenvalue weighted by molar-refractivity contribution is 6.02. The number of amides is 5. The van der Waals surface area contributed by atoms with Gasteiger partial charge in [0.25, 0.3) is 0 Å². The molecule has 2 fully saturated rings. The first-order chi connectivity index (χ1) is 11.8. The summed E-state index contributed by atoms with van der Waals surface area (Å²) >= 11 is 0. The van der Waals surface area contributed by atoms with Crippen LogP contribution in [0.4, 0.5) is 28.4 Å². The van der Waals surface area contributed by atoms with Gasteiger partial charge in [-0.3, -0.25) is 9.69 Å². The van der Waals surface area contributed by atoms with Crippen LogP contribution in [0.25, 0.3) is 0 Å². The van der Waals surface area contributed by atoms with Crippen LogP contribution in [0.1, 0.15) is 12.0 Å². The summed E-state index contributed by atoms with van der Waals surface area (Å²) < 4.78 is 38.9. The third-order valence-electron chi connectivity index (χ3n) is 4.17. The first kappa shape index (κ1) is 17.1. The number of nitrogens with one attached hydrogen (secondary N) is 2. The molecule has 3 rings (SSSR count). The number of carbonyl (C=O) groups excluding carboxylic acids is 3. The Labute approximate surface area is 140 Å². The summed E-state index contributed by atoms with van der Waals surface area (Å²) in [6, 6.07) is 3.00. The van der Waals surface area contributed by atoms with Gasteiger partial charge in [-0.15, -0.1) is 0 Å². The fraction of sp³-hybridized carbons (Fsp3) is 0.400. The molecule has 0 spiro atoms. The summed E-state index contributed by atoms with van der Waals surface area (Å²) in [5, 5.41) is 4.65. The minimum absolute atomic E-state index is 0.0825. The zero-order chi connectivity index (χ0) is 18.2. The van der Waals surface area contributed by atoms with Gasteiger partial charge in [-0.2, -0.15) is 13.2 Å². The second kappa shape index (κ2) is 6.26. The molecule has 0 radical (unpaired) electrons. The van der Waals surface area contributed by atoms with Crippen LogP contribution in [0.15, 0.2) is 24.3 Å². The Hall–Kier alpha value is -2.78. The molecule has 2 heterocycles. The van der Waals surface area contributed by atoms with E-state index in [-0.39, 0.29) is 31.2 Å². The normalized spacial score (nSPS) is 20.8. The van der Waals surface area contributed by atoms with Crippen LogP contribution >= 0.6 is 0 Å². The van der Waals surface area contributed by atoms with Gasteiger partial charge < -0.3 is 15.5 Å². The van der Waals surface area contributed by atoms with Gasteiger partial charge in [-0.25, -0.2) is 9.59 Å². The highest BCUT2D eigenvalue weighted by atomic mass is 19.4. The van der Waals surface area contributed by atoms with Crippen molar-refractivity contribution in [3.05, 3.63) is 29.8 Å². The number of benzene rings is 1. The third kappa shape index (κ3) is 3.37. The lowest BCUT2D eigenvalue weighted by Gasteiger charge is -2.22. The predicted molar refractivity (Wildman–Crippen MR) is 80.7 cm³/mol.